The molecule has 0 aliphatic carbocycles. The summed E-state index contributed by atoms with van der Waals surface area (Å²) in [5.74, 6) is -1.62. The van der Waals surface area contributed by atoms with Gasteiger partial charge in [-0.25, -0.2) is 9.59 Å². The number of amides is 4. The van der Waals surface area contributed by atoms with E-state index < -0.39 is 35.9 Å². The topological polar surface area (TPSA) is 105 Å². The van der Waals surface area contributed by atoms with Crippen molar-refractivity contribution < 1.29 is 23.9 Å². The van der Waals surface area contributed by atoms with E-state index in [1.807, 2.05) is 13.0 Å². The fraction of sp³-hybridized carbons (Fsp3) is 0.333. The Morgan fingerprint density at radius 2 is 1.87 bits per heavy atom. The average Bonchev–Trinajstić information content (AvgIpc) is 3.10. The van der Waals surface area contributed by atoms with E-state index in [0.717, 1.165) is 15.3 Å². The summed E-state index contributed by atoms with van der Waals surface area (Å²) in [6, 6.07) is 8.19. The van der Waals surface area contributed by atoms with Gasteiger partial charge in [-0.1, -0.05) is 30.3 Å². The van der Waals surface area contributed by atoms with E-state index >= 15 is 0 Å². The zero-order valence-electron chi connectivity index (χ0n) is 17.2. The summed E-state index contributed by atoms with van der Waals surface area (Å²) in [5.41, 5.74) is 0.393. The Labute approximate surface area is 178 Å². The Morgan fingerprint density at radius 3 is 2.50 bits per heavy atom. The molecule has 2 heterocycles. The van der Waals surface area contributed by atoms with Crippen molar-refractivity contribution in [2.24, 2.45) is 0 Å². The molecule has 4 amide bonds. The predicted octanol–water partition coefficient (Wildman–Crippen LogP) is 2.95. The van der Waals surface area contributed by atoms with E-state index in [2.05, 4.69) is 10.6 Å². The summed E-state index contributed by atoms with van der Waals surface area (Å²) in [6.45, 7) is 6.65. The van der Waals surface area contributed by atoms with Crippen molar-refractivity contribution in [2.75, 3.05) is 18.5 Å². The number of hydrogen-bond donors (Lipinski definition) is 2. The highest BCUT2D eigenvalue weighted by molar-refractivity contribution is 7.16. The lowest BCUT2D eigenvalue weighted by atomic mass is 9.92. The van der Waals surface area contributed by atoms with Crippen LogP contribution in [-0.2, 0) is 19.9 Å². The number of aryl methyl sites for hydroxylation is 1. The second-order valence-electron chi connectivity index (χ2n) is 7.07. The number of nitrogens with one attached hydrogen (secondary N) is 2. The van der Waals surface area contributed by atoms with Crippen LogP contribution in [0.25, 0.3) is 0 Å². The maximum atomic E-state index is 12.9. The predicted molar refractivity (Wildman–Crippen MR) is 112 cm³/mol. The van der Waals surface area contributed by atoms with Crippen LogP contribution in [-0.4, -0.2) is 41.9 Å². The molecule has 2 aromatic rings. The van der Waals surface area contributed by atoms with Crippen LogP contribution in [0, 0.1) is 13.8 Å². The van der Waals surface area contributed by atoms with Crippen LogP contribution >= 0.6 is 11.3 Å². The molecule has 8 nitrogen and oxygen atoms in total. The molecule has 1 fully saturated rings. The molecule has 1 saturated heterocycles. The molecule has 9 heteroatoms. The van der Waals surface area contributed by atoms with Gasteiger partial charge in [-0.3, -0.25) is 14.5 Å². The molecule has 1 aliphatic rings. The molecule has 2 N–H and O–H groups in total. The summed E-state index contributed by atoms with van der Waals surface area (Å²) in [6.07, 6.45) is 0. The van der Waals surface area contributed by atoms with Crippen molar-refractivity contribution in [1.82, 2.24) is 10.2 Å². The quantitative estimate of drug-likeness (QED) is 0.543. The SMILES string of the molecule is CCOC(=O)c1c(NC(=O)CN2C(=O)N[C@](C)(c3ccccc3)C2=O)sc(C)c1C. The molecule has 1 aliphatic heterocycles. The first-order chi connectivity index (χ1) is 14.2. The number of esters is 1. The smallest absolute Gasteiger partial charge is 0.341 e. The fourth-order valence-corrected chi connectivity index (χ4v) is 4.35. The third-order valence-corrected chi connectivity index (χ3v) is 6.17. The molecule has 158 valence electrons. The highest BCUT2D eigenvalue weighted by Crippen LogP contribution is 2.33. The molecule has 3 rings (SSSR count). The standard InChI is InChI=1S/C21H23N3O5S/c1-5-29-18(26)16-12(2)13(3)30-17(16)22-15(25)11-24-19(27)21(4,23-20(24)28)14-9-7-6-8-10-14/h6-10H,5,11H2,1-4H3,(H,22,25)(H,23,28)/t21-/m1/s1. The number of carbonyl (C=O) groups excluding carboxylic acids is 4. The average molecular weight is 429 g/mol. The number of imide groups is 1. The molecule has 0 bridgehead atoms. The van der Waals surface area contributed by atoms with E-state index in [9.17, 15) is 19.2 Å². The molecule has 0 spiro atoms. The van der Waals surface area contributed by atoms with Crippen molar-refractivity contribution in [3.8, 4) is 0 Å². The Bertz CT molecular complexity index is 1020. The maximum Gasteiger partial charge on any atom is 0.341 e. The molecule has 1 aromatic carbocycles. The van der Waals surface area contributed by atoms with Crippen LogP contribution < -0.4 is 10.6 Å². The van der Waals surface area contributed by atoms with Gasteiger partial charge >= 0.3 is 12.0 Å². The number of nitrogens with zero attached hydrogens (tertiary/aromatic N) is 1. The highest BCUT2D eigenvalue weighted by Gasteiger charge is 2.49. The second-order valence-corrected chi connectivity index (χ2v) is 8.29. The Morgan fingerprint density at radius 1 is 1.20 bits per heavy atom. The van der Waals surface area contributed by atoms with Gasteiger partial charge < -0.3 is 15.4 Å². The van der Waals surface area contributed by atoms with Gasteiger partial charge in [0.05, 0.1) is 12.2 Å². The van der Waals surface area contributed by atoms with Crippen molar-refractivity contribution in [1.29, 1.82) is 0 Å². The number of rotatable bonds is 6. The summed E-state index contributed by atoms with van der Waals surface area (Å²) in [7, 11) is 0. The molecular weight excluding hydrogens is 406 g/mol. The number of ether oxygens (including phenoxy) is 1. The van der Waals surface area contributed by atoms with E-state index in [0.29, 0.717) is 16.1 Å². The van der Waals surface area contributed by atoms with Gasteiger partial charge in [0, 0.05) is 4.88 Å². The van der Waals surface area contributed by atoms with Gasteiger partial charge in [0.1, 0.15) is 17.1 Å². The number of benzene rings is 1. The number of anilines is 1. The highest BCUT2D eigenvalue weighted by atomic mass is 32.1. The van der Waals surface area contributed by atoms with Crippen molar-refractivity contribution >= 4 is 40.2 Å². The van der Waals surface area contributed by atoms with E-state index in [1.165, 1.54) is 11.3 Å². The molecular formula is C21H23N3O5S. The summed E-state index contributed by atoms with van der Waals surface area (Å²) >= 11 is 1.24. The third-order valence-electron chi connectivity index (χ3n) is 5.05. The first-order valence-electron chi connectivity index (χ1n) is 9.45. The van der Waals surface area contributed by atoms with Crippen LogP contribution in [0.2, 0.25) is 0 Å². The van der Waals surface area contributed by atoms with Crippen LogP contribution in [0.15, 0.2) is 30.3 Å². The van der Waals surface area contributed by atoms with E-state index in [4.69, 9.17) is 4.74 Å². The first kappa shape index (κ1) is 21.5. The second kappa shape index (κ2) is 8.27. The monoisotopic (exact) mass is 429 g/mol. The Balaban J connectivity index is 1.78. The number of thiophene rings is 1. The molecule has 0 unspecified atom stereocenters. The minimum absolute atomic E-state index is 0.209. The van der Waals surface area contributed by atoms with Crippen molar-refractivity contribution in [2.45, 2.75) is 33.2 Å². The molecule has 1 atom stereocenters. The largest absolute Gasteiger partial charge is 0.462 e. The maximum absolute atomic E-state index is 12.9. The lowest BCUT2D eigenvalue weighted by Crippen LogP contribution is -2.42. The zero-order chi connectivity index (χ0) is 22.1. The van der Waals surface area contributed by atoms with E-state index in [1.54, 1.807) is 45.0 Å². The minimum atomic E-state index is -1.25. The molecule has 0 radical (unpaired) electrons. The van der Waals surface area contributed by atoms with E-state index in [-0.39, 0.29) is 6.61 Å². The number of carbonyl (C=O) groups is 4. The molecule has 1 aromatic heterocycles. The zero-order valence-corrected chi connectivity index (χ0v) is 18.0. The van der Waals surface area contributed by atoms with Crippen LogP contribution in [0.4, 0.5) is 9.80 Å². The normalized spacial score (nSPS) is 18.3. The van der Waals surface area contributed by atoms with Gasteiger partial charge in [0.15, 0.2) is 0 Å². The minimum Gasteiger partial charge on any atom is -0.462 e. The Hall–Kier alpha value is -3.20. The molecule has 30 heavy (non-hydrogen) atoms. The first-order valence-corrected chi connectivity index (χ1v) is 10.3. The van der Waals surface area contributed by atoms with Crippen molar-refractivity contribution in [3.63, 3.8) is 0 Å². The van der Waals surface area contributed by atoms with Gasteiger partial charge in [-0.05, 0) is 38.8 Å². The van der Waals surface area contributed by atoms with Crippen LogP contribution in [0.1, 0.15) is 40.2 Å². The van der Waals surface area contributed by atoms with Crippen molar-refractivity contribution in [3.05, 3.63) is 51.9 Å². The number of hydrogen-bond acceptors (Lipinski definition) is 6. The lowest BCUT2D eigenvalue weighted by molar-refractivity contribution is -0.133. The Kier molecular flexibility index (Phi) is 5.93. The van der Waals surface area contributed by atoms with Gasteiger partial charge in [-0.15, -0.1) is 11.3 Å². The molecule has 0 saturated carbocycles. The van der Waals surface area contributed by atoms with Gasteiger partial charge in [0.2, 0.25) is 5.91 Å². The third kappa shape index (κ3) is 3.80. The van der Waals surface area contributed by atoms with Gasteiger partial charge in [-0.2, -0.15) is 0 Å². The lowest BCUT2D eigenvalue weighted by Gasteiger charge is -2.22. The van der Waals surface area contributed by atoms with Gasteiger partial charge in [0.25, 0.3) is 5.91 Å². The summed E-state index contributed by atoms with van der Waals surface area (Å²) in [4.78, 5) is 52.0. The van der Waals surface area contributed by atoms with Crippen LogP contribution in [0.3, 0.4) is 0 Å². The van der Waals surface area contributed by atoms with Crippen LogP contribution in [0.5, 0.6) is 0 Å². The number of urea groups is 1. The summed E-state index contributed by atoms with van der Waals surface area (Å²) < 4.78 is 5.08. The fourth-order valence-electron chi connectivity index (χ4n) is 3.28. The summed E-state index contributed by atoms with van der Waals surface area (Å²) in [5, 5.41) is 5.65.